The van der Waals surface area contributed by atoms with E-state index in [1.807, 2.05) is 43.5 Å². The summed E-state index contributed by atoms with van der Waals surface area (Å²) in [4.78, 5) is 16.6. The van der Waals surface area contributed by atoms with Crippen molar-refractivity contribution in [3.05, 3.63) is 27.6 Å². The first kappa shape index (κ1) is 15.6. The van der Waals surface area contributed by atoms with Crippen molar-refractivity contribution in [3.63, 3.8) is 0 Å². The van der Waals surface area contributed by atoms with Gasteiger partial charge in [-0.3, -0.25) is 4.79 Å². The number of halogens is 2. The van der Waals surface area contributed by atoms with Gasteiger partial charge in [0.15, 0.2) is 0 Å². The van der Waals surface area contributed by atoms with Gasteiger partial charge in [0.1, 0.15) is 12.4 Å². The van der Waals surface area contributed by atoms with Crippen molar-refractivity contribution in [2.75, 3.05) is 0 Å². The maximum Gasteiger partial charge on any atom is 0.240 e. The normalized spacial score (nSPS) is 12.9. The number of hydrogen-bond acceptors (Lipinski definition) is 2. The molecule has 0 aliphatic carbocycles. The molecule has 1 amide bonds. The highest BCUT2D eigenvalue weighted by atomic mass is 127. The third-order valence-corrected chi connectivity index (χ3v) is 3.71. The van der Waals surface area contributed by atoms with Crippen molar-refractivity contribution in [2.24, 2.45) is 0 Å². The molecule has 0 saturated carbocycles. The first-order chi connectivity index (χ1) is 9.38. The van der Waals surface area contributed by atoms with Crippen molar-refractivity contribution in [3.8, 4) is 0 Å². The predicted octanol–water partition coefficient (Wildman–Crippen LogP) is 3.47. The van der Waals surface area contributed by atoms with Crippen molar-refractivity contribution >= 4 is 51.1 Å². The highest BCUT2D eigenvalue weighted by molar-refractivity contribution is 14.1. The van der Waals surface area contributed by atoms with Gasteiger partial charge in [-0.1, -0.05) is 0 Å². The van der Waals surface area contributed by atoms with Crippen LogP contribution in [0.3, 0.4) is 0 Å². The second kappa shape index (κ2) is 6.30. The van der Waals surface area contributed by atoms with Crippen LogP contribution in [0.15, 0.2) is 18.2 Å². The lowest BCUT2D eigenvalue weighted by molar-refractivity contribution is -0.122. The molecular formula is C14H17ClIN3O. The van der Waals surface area contributed by atoms with Gasteiger partial charge in [0.05, 0.1) is 16.4 Å². The molecule has 1 atom stereocenters. The molecule has 0 radical (unpaired) electrons. The van der Waals surface area contributed by atoms with Crippen LogP contribution in [-0.4, -0.2) is 21.5 Å². The summed E-state index contributed by atoms with van der Waals surface area (Å²) < 4.78 is 3.00. The van der Waals surface area contributed by atoms with Crippen LogP contribution in [0.5, 0.6) is 0 Å². The number of benzene rings is 1. The van der Waals surface area contributed by atoms with Crippen molar-refractivity contribution < 1.29 is 4.79 Å². The molecular weight excluding hydrogens is 389 g/mol. The summed E-state index contributed by atoms with van der Waals surface area (Å²) in [7, 11) is 0. The molecule has 1 aromatic carbocycles. The number of fused-ring (bicyclic) bond motifs is 1. The number of carbonyl (C=O) groups is 1. The van der Waals surface area contributed by atoms with Gasteiger partial charge in [0.25, 0.3) is 0 Å². The molecule has 2 rings (SSSR count). The van der Waals surface area contributed by atoms with Gasteiger partial charge in [-0.15, -0.1) is 11.6 Å². The monoisotopic (exact) mass is 405 g/mol. The number of aromatic nitrogens is 2. The zero-order valence-corrected chi connectivity index (χ0v) is 14.6. The van der Waals surface area contributed by atoms with E-state index < -0.39 is 0 Å². The summed E-state index contributed by atoms with van der Waals surface area (Å²) in [6, 6.07) is 6.10. The Hall–Kier alpha value is -0.820. The number of nitrogens with zero attached hydrogens (tertiary/aromatic N) is 2. The van der Waals surface area contributed by atoms with E-state index in [2.05, 4.69) is 32.9 Å². The first-order valence-corrected chi connectivity index (χ1v) is 7.99. The van der Waals surface area contributed by atoms with Crippen LogP contribution in [0.2, 0.25) is 0 Å². The quantitative estimate of drug-likeness (QED) is 0.625. The Morgan fingerprint density at radius 2 is 2.15 bits per heavy atom. The fraction of sp³-hybridized carbons (Fsp3) is 0.429. The van der Waals surface area contributed by atoms with Crippen LogP contribution in [0.25, 0.3) is 11.0 Å². The van der Waals surface area contributed by atoms with Crippen molar-refractivity contribution in [1.82, 2.24) is 14.9 Å². The SMILES string of the molecule is CC(C)NC(=O)Cn1c(C(C)Cl)nc2cc(I)ccc21. The number of amides is 1. The van der Waals surface area contributed by atoms with Gasteiger partial charge in [-0.2, -0.15) is 0 Å². The Morgan fingerprint density at radius 3 is 2.75 bits per heavy atom. The number of carbonyl (C=O) groups excluding carboxylic acids is 1. The Bertz CT molecular complexity index is 637. The molecule has 20 heavy (non-hydrogen) atoms. The average Bonchev–Trinajstić information content (AvgIpc) is 2.66. The third-order valence-electron chi connectivity index (χ3n) is 2.85. The summed E-state index contributed by atoms with van der Waals surface area (Å²) in [5, 5.41) is 2.65. The van der Waals surface area contributed by atoms with Gasteiger partial charge >= 0.3 is 0 Å². The number of hydrogen-bond donors (Lipinski definition) is 1. The maximum absolute atomic E-state index is 12.0. The van der Waals surface area contributed by atoms with E-state index >= 15 is 0 Å². The lowest BCUT2D eigenvalue weighted by atomic mass is 10.3. The molecule has 1 heterocycles. The van der Waals surface area contributed by atoms with Crippen LogP contribution in [-0.2, 0) is 11.3 Å². The standard InChI is InChI=1S/C14H17ClIN3O/c1-8(2)17-13(20)7-19-12-5-4-10(16)6-11(12)18-14(19)9(3)15/h4-6,8-9H,7H2,1-3H3,(H,17,20). The highest BCUT2D eigenvalue weighted by Gasteiger charge is 2.17. The molecule has 1 unspecified atom stereocenters. The fourth-order valence-corrected chi connectivity index (χ4v) is 2.74. The topological polar surface area (TPSA) is 46.9 Å². The Kier molecular flexibility index (Phi) is 4.90. The van der Waals surface area contributed by atoms with E-state index in [1.165, 1.54) is 0 Å². The number of nitrogens with one attached hydrogen (secondary N) is 1. The highest BCUT2D eigenvalue weighted by Crippen LogP contribution is 2.25. The molecule has 0 fully saturated rings. The van der Waals surface area contributed by atoms with Crippen LogP contribution >= 0.6 is 34.2 Å². The summed E-state index contributed by atoms with van der Waals surface area (Å²) in [5.74, 6) is 0.694. The van der Waals surface area contributed by atoms with Crippen molar-refractivity contribution in [2.45, 2.75) is 38.7 Å². The van der Waals surface area contributed by atoms with Gasteiger partial charge in [-0.05, 0) is 61.6 Å². The second-order valence-corrected chi connectivity index (χ2v) is 6.93. The van der Waals surface area contributed by atoms with Gasteiger partial charge in [-0.25, -0.2) is 4.98 Å². The summed E-state index contributed by atoms with van der Waals surface area (Å²) in [5.41, 5.74) is 1.81. The maximum atomic E-state index is 12.0. The zero-order chi connectivity index (χ0) is 14.9. The van der Waals surface area contributed by atoms with Gasteiger partial charge in [0, 0.05) is 9.61 Å². The van der Waals surface area contributed by atoms with E-state index in [-0.39, 0.29) is 23.9 Å². The molecule has 2 aromatic rings. The van der Waals surface area contributed by atoms with E-state index in [4.69, 9.17) is 11.6 Å². The summed E-state index contributed by atoms with van der Waals surface area (Å²) in [6.45, 7) is 5.99. The molecule has 4 nitrogen and oxygen atoms in total. The van der Waals surface area contributed by atoms with E-state index in [9.17, 15) is 4.79 Å². The third kappa shape index (κ3) is 3.44. The van der Waals surface area contributed by atoms with Crippen molar-refractivity contribution in [1.29, 1.82) is 0 Å². The molecule has 0 saturated heterocycles. The molecule has 0 spiro atoms. The molecule has 1 aromatic heterocycles. The van der Waals surface area contributed by atoms with Crippen LogP contribution in [0.4, 0.5) is 0 Å². The van der Waals surface area contributed by atoms with Gasteiger partial charge < -0.3 is 9.88 Å². The summed E-state index contributed by atoms with van der Waals surface area (Å²) in [6.07, 6.45) is 0. The smallest absolute Gasteiger partial charge is 0.240 e. The Labute approximate surface area is 137 Å². The molecule has 1 N–H and O–H groups in total. The predicted molar refractivity (Wildman–Crippen MR) is 90.0 cm³/mol. The second-order valence-electron chi connectivity index (χ2n) is 5.03. The lowest BCUT2D eigenvalue weighted by Crippen LogP contribution is -2.33. The molecule has 6 heteroatoms. The minimum absolute atomic E-state index is 0.0311. The minimum atomic E-state index is -0.244. The molecule has 0 aliphatic heterocycles. The van der Waals surface area contributed by atoms with Gasteiger partial charge in [0.2, 0.25) is 5.91 Å². The van der Waals surface area contributed by atoms with E-state index in [0.717, 1.165) is 20.4 Å². The van der Waals surface area contributed by atoms with E-state index in [0.29, 0.717) is 0 Å². The summed E-state index contributed by atoms with van der Waals surface area (Å²) >= 11 is 8.44. The Balaban J connectivity index is 2.43. The number of alkyl halides is 1. The molecule has 0 bridgehead atoms. The Morgan fingerprint density at radius 1 is 1.45 bits per heavy atom. The lowest BCUT2D eigenvalue weighted by Gasteiger charge is -2.12. The first-order valence-electron chi connectivity index (χ1n) is 6.47. The van der Waals surface area contributed by atoms with E-state index in [1.54, 1.807) is 0 Å². The minimum Gasteiger partial charge on any atom is -0.352 e. The van der Waals surface area contributed by atoms with Crippen LogP contribution in [0.1, 0.15) is 32.0 Å². The van der Waals surface area contributed by atoms with Crippen LogP contribution < -0.4 is 5.32 Å². The van der Waals surface area contributed by atoms with Crippen LogP contribution in [0, 0.1) is 3.57 Å². The molecule has 0 aliphatic rings. The molecule has 108 valence electrons. The fourth-order valence-electron chi connectivity index (χ4n) is 2.10. The number of rotatable bonds is 4. The number of imidazole rings is 1. The largest absolute Gasteiger partial charge is 0.352 e. The zero-order valence-electron chi connectivity index (χ0n) is 11.7. The average molecular weight is 406 g/mol.